The minimum atomic E-state index is -0.257. The lowest BCUT2D eigenvalue weighted by atomic mass is 10.2. The third kappa shape index (κ3) is 5.25. The topological polar surface area (TPSA) is 50.4 Å². The van der Waals surface area contributed by atoms with E-state index in [1.807, 2.05) is 54.6 Å². The van der Waals surface area contributed by atoms with Crippen LogP contribution in [-0.4, -0.2) is 12.5 Å². The van der Waals surface area contributed by atoms with Gasteiger partial charge in [0.25, 0.3) is 5.91 Å². The van der Waals surface area contributed by atoms with Crippen LogP contribution in [0.1, 0.15) is 0 Å². The Bertz CT molecular complexity index is 886. The summed E-state index contributed by atoms with van der Waals surface area (Å²) in [5.41, 5.74) is 2.63. The summed E-state index contributed by atoms with van der Waals surface area (Å²) in [4.78, 5) is 12.0. The van der Waals surface area contributed by atoms with Crippen molar-refractivity contribution in [2.75, 3.05) is 17.2 Å². The molecule has 26 heavy (non-hydrogen) atoms. The molecule has 3 rings (SSSR count). The predicted molar refractivity (Wildman–Crippen MR) is 109 cm³/mol. The number of benzene rings is 3. The van der Waals surface area contributed by atoms with Gasteiger partial charge in [-0.25, -0.2) is 0 Å². The second-order valence-corrected chi connectivity index (χ2v) is 6.80. The molecule has 0 atom stereocenters. The fourth-order valence-electron chi connectivity index (χ4n) is 2.26. The van der Waals surface area contributed by atoms with E-state index < -0.39 is 0 Å². The van der Waals surface area contributed by atoms with Crippen molar-refractivity contribution in [2.45, 2.75) is 0 Å². The van der Waals surface area contributed by atoms with Crippen molar-refractivity contribution in [3.63, 3.8) is 0 Å². The Morgan fingerprint density at radius 1 is 0.923 bits per heavy atom. The zero-order chi connectivity index (χ0) is 18.4. The maximum atomic E-state index is 12.0. The first kappa shape index (κ1) is 18.3. The van der Waals surface area contributed by atoms with E-state index in [0.29, 0.717) is 16.5 Å². The number of nitrogens with one attached hydrogen (secondary N) is 2. The second-order valence-electron chi connectivity index (χ2n) is 5.48. The number of hydrogen-bond acceptors (Lipinski definition) is 3. The highest BCUT2D eigenvalue weighted by molar-refractivity contribution is 9.10. The number of hydrogen-bond donors (Lipinski definition) is 2. The van der Waals surface area contributed by atoms with Gasteiger partial charge in [-0.05, 0) is 54.6 Å². The lowest BCUT2D eigenvalue weighted by Gasteiger charge is -2.10. The normalized spacial score (nSPS) is 10.2. The molecule has 0 unspecified atom stereocenters. The van der Waals surface area contributed by atoms with Crippen LogP contribution in [0, 0.1) is 0 Å². The zero-order valence-electron chi connectivity index (χ0n) is 13.7. The van der Waals surface area contributed by atoms with E-state index in [2.05, 4.69) is 26.6 Å². The molecule has 1 amide bonds. The number of para-hydroxylation sites is 1. The van der Waals surface area contributed by atoms with Crippen LogP contribution in [0.15, 0.2) is 77.3 Å². The van der Waals surface area contributed by atoms with Gasteiger partial charge in [-0.15, -0.1) is 0 Å². The Morgan fingerprint density at radius 2 is 1.58 bits per heavy atom. The van der Waals surface area contributed by atoms with Gasteiger partial charge in [-0.1, -0.05) is 45.7 Å². The standard InChI is InChI=1S/C20H16BrClN2O2/c21-14-6-11-19(18(22)12-14)26-13-20(25)24-17-9-7-16(8-10-17)23-15-4-2-1-3-5-15/h1-12,23H,13H2,(H,24,25). The van der Waals surface area contributed by atoms with E-state index in [1.165, 1.54) is 0 Å². The molecule has 0 heterocycles. The summed E-state index contributed by atoms with van der Waals surface area (Å²) >= 11 is 9.39. The molecule has 4 nitrogen and oxygen atoms in total. The first-order valence-electron chi connectivity index (χ1n) is 7.90. The Kier molecular flexibility index (Phi) is 6.15. The minimum Gasteiger partial charge on any atom is -0.482 e. The van der Waals surface area contributed by atoms with Gasteiger partial charge >= 0.3 is 0 Å². The Balaban J connectivity index is 1.52. The van der Waals surface area contributed by atoms with Crippen molar-refractivity contribution in [2.24, 2.45) is 0 Å². The van der Waals surface area contributed by atoms with Crippen LogP contribution in [0.2, 0.25) is 5.02 Å². The highest BCUT2D eigenvalue weighted by Gasteiger charge is 2.07. The van der Waals surface area contributed by atoms with Crippen LogP contribution in [0.25, 0.3) is 0 Å². The SMILES string of the molecule is O=C(COc1ccc(Br)cc1Cl)Nc1ccc(Nc2ccccc2)cc1. The molecule has 3 aromatic rings. The monoisotopic (exact) mass is 430 g/mol. The van der Waals surface area contributed by atoms with E-state index >= 15 is 0 Å². The minimum absolute atomic E-state index is 0.120. The van der Waals surface area contributed by atoms with E-state index in [1.54, 1.807) is 18.2 Å². The molecule has 6 heteroatoms. The van der Waals surface area contributed by atoms with Crippen molar-refractivity contribution in [1.29, 1.82) is 0 Å². The van der Waals surface area contributed by atoms with E-state index in [9.17, 15) is 4.79 Å². The van der Waals surface area contributed by atoms with Crippen molar-refractivity contribution in [1.82, 2.24) is 0 Å². The average Bonchev–Trinajstić information content (AvgIpc) is 2.63. The summed E-state index contributed by atoms with van der Waals surface area (Å²) < 4.78 is 6.30. The van der Waals surface area contributed by atoms with Crippen LogP contribution in [0.4, 0.5) is 17.1 Å². The first-order chi connectivity index (χ1) is 12.6. The van der Waals surface area contributed by atoms with Crippen molar-refractivity contribution >= 4 is 50.5 Å². The molecule has 132 valence electrons. The molecule has 0 aromatic heterocycles. The van der Waals surface area contributed by atoms with Gasteiger partial charge in [-0.3, -0.25) is 4.79 Å². The number of carbonyl (C=O) groups is 1. The lowest BCUT2D eigenvalue weighted by Crippen LogP contribution is -2.20. The fraction of sp³-hybridized carbons (Fsp3) is 0.0500. The Hall–Kier alpha value is -2.50. The van der Waals surface area contributed by atoms with Crippen molar-refractivity contribution in [3.05, 3.63) is 82.3 Å². The third-order valence-corrected chi connectivity index (χ3v) is 4.27. The predicted octanol–water partition coefficient (Wildman–Crippen LogP) is 5.86. The molecule has 0 saturated heterocycles. The van der Waals surface area contributed by atoms with Crippen LogP contribution in [0.5, 0.6) is 5.75 Å². The van der Waals surface area contributed by atoms with Gasteiger partial charge in [0.15, 0.2) is 6.61 Å². The highest BCUT2D eigenvalue weighted by Crippen LogP contribution is 2.27. The maximum Gasteiger partial charge on any atom is 0.262 e. The van der Waals surface area contributed by atoms with Gasteiger partial charge in [0.2, 0.25) is 0 Å². The second kappa shape index (κ2) is 8.74. The molecule has 0 aliphatic carbocycles. The fourth-order valence-corrected chi connectivity index (χ4v) is 2.99. The van der Waals surface area contributed by atoms with Gasteiger partial charge < -0.3 is 15.4 Å². The summed E-state index contributed by atoms with van der Waals surface area (Å²) in [5, 5.41) is 6.52. The quantitative estimate of drug-likeness (QED) is 0.513. The Labute approximate surface area is 165 Å². The van der Waals surface area contributed by atoms with Gasteiger partial charge in [0.05, 0.1) is 5.02 Å². The smallest absolute Gasteiger partial charge is 0.262 e. The van der Waals surface area contributed by atoms with E-state index in [4.69, 9.17) is 16.3 Å². The zero-order valence-corrected chi connectivity index (χ0v) is 16.0. The van der Waals surface area contributed by atoms with Gasteiger partial charge in [0, 0.05) is 21.5 Å². The highest BCUT2D eigenvalue weighted by atomic mass is 79.9. The Morgan fingerprint density at radius 3 is 2.27 bits per heavy atom. The van der Waals surface area contributed by atoms with Crippen LogP contribution < -0.4 is 15.4 Å². The molecule has 3 aromatic carbocycles. The molecule has 0 saturated carbocycles. The number of rotatable bonds is 6. The van der Waals surface area contributed by atoms with Crippen LogP contribution in [-0.2, 0) is 4.79 Å². The summed E-state index contributed by atoms with van der Waals surface area (Å²) in [5.74, 6) is 0.208. The molecule has 0 bridgehead atoms. The molecule has 2 N–H and O–H groups in total. The van der Waals surface area contributed by atoms with Crippen LogP contribution >= 0.6 is 27.5 Å². The van der Waals surface area contributed by atoms with Gasteiger partial charge in [-0.2, -0.15) is 0 Å². The maximum absolute atomic E-state index is 12.0. The average molecular weight is 432 g/mol. The van der Waals surface area contributed by atoms with Crippen LogP contribution in [0.3, 0.4) is 0 Å². The number of halogens is 2. The summed E-state index contributed by atoms with van der Waals surface area (Å²) in [6.07, 6.45) is 0. The summed E-state index contributed by atoms with van der Waals surface area (Å²) in [6.45, 7) is -0.120. The van der Waals surface area contributed by atoms with Crippen molar-refractivity contribution < 1.29 is 9.53 Å². The molecule has 0 aliphatic heterocycles. The van der Waals surface area contributed by atoms with E-state index in [0.717, 1.165) is 15.8 Å². The molecule has 0 fully saturated rings. The molecule has 0 spiro atoms. The molecule has 0 radical (unpaired) electrons. The number of anilines is 3. The number of ether oxygens (including phenoxy) is 1. The van der Waals surface area contributed by atoms with Crippen molar-refractivity contribution in [3.8, 4) is 5.75 Å². The molecular formula is C20H16BrClN2O2. The first-order valence-corrected chi connectivity index (χ1v) is 9.07. The van der Waals surface area contributed by atoms with E-state index in [-0.39, 0.29) is 12.5 Å². The third-order valence-electron chi connectivity index (χ3n) is 3.48. The molecular weight excluding hydrogens is 416 g/mol. The number of amides is 1. The lowest BCUT2D eigenvalue weighted by molar-refractivity contribution is -0.118. The summed E-state index contributed by atoms with van der Waals surface area (Å²) in [6, 6.07) is 22.6. The summed E-state index contributed by atoms with van der Waals surface area (Å²) in [7, 11) is 0. The molecule has 0 aliphatic rings. The number of carbonyl (C=O) groups excluding carboxylic acids is 1. The van der Waals surface area contributed by atoms with Gasteiger partial charge in [0.1, 0.15) is 5.75 Å². The largest absolute Gasteiger partial charge is 0.482 e.